The van der Waals surface area contributed by atoms with E-state index in [-0.39, 0.29) is 24.8 Å². The number of halogens is 2. The van der Waals surface area contributed by atoms with Crippen molar-refractivity contribution in [3.05, 3.63) is 75.7 Å². The third-order valence-electron chi connectivity index (χ3n) is 3.72. The molecule has 0 amide bonds. The van der Waals surface area contributed by atoms with Crippen molar-refractivity contribution in [2.24, 2.45) is 0 Å². The Hall–Kier alpha value is -0.526. The van der Waals surface area contributed by atoms with Crippen LogP contribution in [0, 0.1) is 0 Å². The van der Waals surface area contributed by atoms with Crippen LogP contribution in [-0.2, 0) is 20.4 Å². The third kappa shape index (κ3) is 2.90. The minimum atomic E-state index is 0. The second-order valence-electron chi connectivity index (χ2n) is 4.78. The molecule has 2 aliphatic carbocycles. The Kier molecular flexibility index (Phi) is 6.55. The van der Waals surface area contributed by atoms with Crippen molar-refractivity contribution in [3.63, 3.8) is 0 Å². The van der Waals surface area contributed by atoms with Crippen molar-refractivity contribution in [2.75, 3.05) is 0 Å². The minimum absolute atomic E-state index is 0. The molecule has 1 aromatic carbocycles. The predicted molar refractivity (Wildman–Crippen MR) is 72.8 cm³/mol. The van der Waals surface area contributed by atoms with Gasteiger partial charge in [-0.25, -0.2) is 0 Å². The number of benzene rings is 1. The molecular weight excluding hydrogens is 323 g/mol. The molecule has 3 rings (SSSR count). The molecule has 0 spiro atoms. The first kappa shape index (κ1) is 17.5. The summed E-state index contributed by atoms with van der Waals surface area (Å²) in [7, 11) is 0. The van der Waals surface area contributed by atoms with Gasteiger partial charge in [-0.3, -0.25) is 0 Å². The van der Waals surface area contributed by atoms with Gasteiger partial charge < -0.3 is 24.8 Å². The zero-order valence-electron chi connectivity index (χ0n) is 11.1. The first-order valence-electron chi connectivity index (χ1n) is 6.35. The quantitative estimate of drug-likeness (QED) is 0.466. The maximum absolute atomic E-state index is 3.90. The molecule has 0 aliphatic heterocycles. The van der Waals surface area contributed by atoms with E-state index in [1.54, 1.807) is 0 Å². The maximum Gasteiger partial charge on any atom is -1.00 e. The Bertz CT molecular complexity index is 597. The average molecular weight is 338 g/mol. The summed E-state index contributed by atoms with van der Waals surface area (Å²) in [5.41, 5.74) is 5.84. The Balaban J connectivity index is 0.000001000. The van der Waals surface area contributed by atoms with Crippen LogP contribution < -0.4 is 24.8 Å². The van der Waals surface area contributed by atoms with E-state index in [0.717, 1.165) is 12.8 Å². The molecule has 0 N–H and O–H groups in total. The normalized spacial score (nSPS) is 19.1. The van der Waals surface area contributed by atoms with Crippen molar-refractivity contribution < 1.29 is 45.2 Å². The molecule has 0 saturated carbocycles. The van der Waals surface area contributed by atoms with Gasteiger partial charge in [0.15, 0.2) is 0 Å². The summed E-state index contributed by atoms with van der Waals surface area (Å²) in [5.74, 6) is 0.523. The number of allylic oxidation sites excluding steroid dienone is 7. The second kappa shape index (κ2) is 7.47. The molecule has 101 valence electrons. The van der Waals surface area contributed by atoms with Crippen molar-refractivity contribution >= 4 is 5.57 Å². The molecule has 2 aliphatic rings. The zero-order chi connectivity index (χ0) is 12.5. The van der Waals surface area contributed by atoms with Crippen molar-refractivity contribution in [3.8, 4) is 0 Å². The van der Waals surface area contributed by atoms with E-state index in [1.807, 2.05) is 6.08 Å². The second-order valence-corrected chi connectivity index (χ2v) is 5.62. The molecular formula is C17H15Cl2Ti. The van der Waals surface area contributed by atoms with Gasteiger partial charge in [0.05, 0.1) is 0 Å². The number of hydrogen-bond acceptors (Lipinski definition) is 0. The van der Waals surface area contributed by atoms with Crippen LogP contribution in [-0.4, -0.2) is 0 Å². The first-order chi connectivity index (χ1) is 8.83. The fourth-order valence-corrected chi connectivity index (χ4v) is 3.78. The Labute approximate surface area is 145 Å². The molecule has 1 aromatic rings. The SMILES string of the molecule is C=CCC1[C]([Ti+2])=C(C2=CC=CC2)c2ccccc21.[Cl-].[Cl-]. The van der Waals surface area contributed by atoms with E-state index in [4.69, 9.17) is 0 Å². The predicted octanol–water partition coefficient (Wildman–Crippen LogP) is -1.49. The van der Waals surface area contributed by atoms with Gasteiger partial charge in [-0.05, 0) is 0 Å². The molecule has 0 saturated heterocycles. The number of rotatable bonds is 3. The monoisotopic (exact) mass is 337 g/mol. The largest absolute Gasteiger partial charge is 1.00 e. The Morgan fingerprint density at radius 1 is 1.25 bits per heavy atom. The molecule has 3 heteroatoms. The first-order valence-corrected chi connectivity index (χ1v) is 7.13. The molecule has 1 atom stereocenters. The Morgan fingerprint density at radius 2 is 2.00 bits per heavy atom. The van der Waals surface area contributed by atoms with E-state index in [9.17, 15) is 0 Å². The summed E-state index contributed by atoms with van der Waals surface area (Å²) in [6.07, 6.45) is 10.8. The van der Waals surface area contributed by atoms with Crippen molar-refractivity contribution in [1.29, 1.82) is 0 Å². The van der Waals surface area contributed by atoms with Crippen LogP contribution in [0.3, 0.4) is 0 Å². The standard InChI is InChI=1S/C17H15.2ClH.Ti/c1-2-7-14-12-17(13-8-3-4-9-13)16-11-6-5-10-15(14)16;;;/h2-6,8,10-11,14H,1,7,9H2;2*1H;/q;;;+2/p-2. The van der Waals surface area contributed by atoms with Crippen molar-refractivity contribution in [1.82, 2.24) is 0 Å². The van der Waals surface area contributed by atoms with Crippen LogP contribution >= 0.6 is 0 Å². The van der Waals surface area contributed by atoms with E-state index in [2.05, 4.69) is 69.5 Å². The number of fused-ring (bicyclic) bond motifs is 1. The summed E-state index contributed by atoms with van der Waals surface area (Å²) in [6, 6.07) is 8.82. The van der Waals surface area contributed by atoms with Gasteiger partial charge in [-0.1, -0.05) is 0 Å². The van der Waals surface area contributed by atoms with Crippen LogP contribution in [0.2, 0.25) is 0 Å². The summed E-state index contributed by atoms with van der Waals surface area (Å²) >= 11 is 2.28. The zero-order valence-corrected chi connectivity index (χ0v) is 14.1. The van der Waals surface area contributed by atoms with Gasteiger partial charge in [0.1, 0.15) is 0 Å². The van der Waals surface area contributed by atoms with Crippen molar-refractivity contribution in [2.45, 2.75) is 18.8 Å². The molecule has 0 bridgehead atoms. The summed E-state index contributed by atoms with van der Waals surface area (Å²) in [5, 5.41) is 0. The summed E-state index contributed by atoms with van der Waals surface area (Å²) in [4.78, 5) is 0. The smallest absolute Gasteiger partial charge is 1.00 e. The summed E-state index contributed by atoms with van der Waals surface area (Å²) < 4.78 is 1.51. The molecule has 0 fully saturated rings. The fraction of sp³-hybridized carbons (Fsp3) is 0.176. The molecule has 1 unspecified atom stereocenters. The van der Waals surface area contributed by atoms with Gasteiger partial charge in [0.2, 0.25) is 0 Å². The molecule has 0 nitrogen and oxygen atoms in total. The van der Waals surface area contributed by atoms with Gasteiger partial charge in [0, 0.05) is 0 Å². The van der Waals surface area contributed by atoms with Gasteiger partial charge >= 0.3 is 120 Å². The molecule has 20 heavy (non-hydrogen) atoms. The van der Waals surface area contributed by atoms with Crippen LogP contribution in [0.15, 0.2) is 64.6 Å². The van der Waals surface area contributed by atoms with Gasteiger partial charge in [-0.2, -0.15) is 0 Å². The van der Waals surface area contributed by atoms with Crippen LogP contribution in [0.4, 0.5) is 0 Å². The van der Waals surface area contributed by atoms with Gasteiger partial charge in [0.25, 0.3) is 0 Å². The van der Waals surface area contributed by atoms with Crippen LogP contribution in [0.25, 0.3) is 5.57 Å². The van der Waals surface area contributed by atoms with Gasteiger partial charge in [-0.15, -0.1) is 0 Å². The molecule has 0 radical (unpaired) electrons. The third-order valence-corrected chi connectivity index (χ3v) is 4.65. The van der Waals surface area contributed by atoms with E-state index >= 15 is 0 Å². The molecule has 0 heterocycles. The van der Waals surface area contributed by atoms with Crippen LogP contribution in [0.5, 0.6) is 0 Å². The minimum Gasteiger partial charge on any atom is -1.00 e. The number of hydrogen-bond donors (Lipinski definition) is 0. The average Bonchev–Trinajstić information content (AvgIpc) is 2.98. The van der Waals surface area contributed by atoms with E-state index in [0.29, 0.717) is 5.92 Å². The molecule has 0 aromatic heterocycles. The van der Waals surface area contributed by atoms with E-state index in [1.165, 1.54) is 26.2 Å². The topological polar surface area (TPSA) is 0 Å². The fourth-order valence-electron chi connectivity index (χ4n) is 2.89. The van der Waals surface area contributed by atoms with E-state index < -0.39 is 0 Å². The summed E-state index contributed by atoms with van der Waals surface area (Å²) in [6.45, 7) is 3.90. The Morgan fingerprint density at radius 3 is 2.65 bits per heavy atom. The van der Waals surface area contributed by atoms with Crippen LogP contribution in [0.1, 0.15) is 29.9 Å². The maximum atomic E-state index is 3.90.